The molecule has 0 saturated carbocycles. The quantitative estimate of drug-likeness (QED) is 0.388. The average molecular weight is 469 g/mol. The Hall–Kier alpha value is -4.30. The molecule has 0 radical (unpaired) electrons. The molecule has 8 nitrogen and oxygen atoms in total. The van der Waals surface area contributed by atoms with Crippen LogP contribution in [0, 0.1) is 0 Å². The van der Waals surface area contributed by atoms with Crippen molar-refractivity contribution in [2.24, 2.45) is 4.99 Å². The van der Waals surface area contributed by atoms with Crippen LogP contribution in [0.15, 0.2) is 88.3 Å². The highest BCUT2D eigenvalue weighted by atomic mass is 16.5. The van der Waals surface area contributed by atoms with Gasteiger partial charge in [-0.2, -0.15) is 0 Å². The second-order valence-electron chi connectivity index (χ2n) is 7.94. The standard InChI is InChI=1S/C27H24N4O4/c1-33-15-16-34-23-14-8-7-13-21(23)26-30-31-27(35-26)29-25-22(32)17-19-11-5-6-12-20(19)24(28-25)18-9-3-2-4-10-18/h2-14,25H,15-17H2,1H3,(H,29,31). The van der Waals surface area contributed by atoms with E-state index < -0.39 is 6.17 Å². The first-order valence-corrected chi connectivity index (χ1v) is 11.3. The van der Waals surface area contributed by atoms with Crippen molar-refractivity contribution in [2.45, 2.75) is 12.6 Å². The maximum absolute atomic E-state index is 13.1. The SMILES string of the molecule is COCCOc1ccccc1-c1nnc(NC2N=C(c3ccccc3)c3ccccc3CC2=O)o1. The Kier molecular flexibility index (Phi) is 6.63. The zero-order valence-electron chi connectivity index (χ0n) is 19.2. The molecule has 0 bridgehead atoms. The topological polar surface area (TPSA) is 98.8 Å². The molecule has 1 aliphatic heterocycles. The van der Waals surface area contributed by atoms with Crippen molar-refractivity contribution in [3.8, 4) is 17.2 Å². The van der Waals surface area contributed by atoms with Gasteiger partial charge in [0, 0.05) is 24.7 Å². The Morgan fingerprint density at radius 2 is 1.66 bits per heavy atom. The van der Waals surface area contributed by atoms with Crippen LogP contribution in [0.4, 0.5) is 6.01 Å². The normalized spacial score (nSPS) is 15.2. The number of ketones is 1. The maximum atomic E-state index is 13.1. The van der Waals surface area contributed by atoms with Gasteiger partial charge in [-0.15, -0.1) is 5.10 Å². The van der Waals surface area contributed by atoms with Gasteiger partial charge in [0.25, 0.3) is 5.89 Å². The number of anilines is 1. The van der Waals surface area contributed by atoms with Crippen LogP contribution in [0.3, 0.4) is 0 Å². The van der Waals surface area contributed by atoms with Gasteiger partial charge < -0.3 is 19.2 Å². The van der Waals surface area contributed by atoms with Gasteiger partial charge in [0.05, 0.1) is 17.9 Å². The number of Topliss-reactive ketones (excluding diaryl/α,β-unsaturated/α-hetero) is 1. The summed E-state index contributed by atoms with van der Waals surface area (Å²) in [5.41, 5.74) is 4.18. The van der Waals surface area contributed by atoms with Crippen molar-refractivity contribution in [3.63, 3.8) is 0 Å². The fraction of sp³-hybridized carbons (Fsp3) is 0.185. The number of rotatable bonds is 8. The van der Waals surface area contributed by atoms with Gasteiger partial charge in [-0.1, -0.05) is 71.8 Å². The lowest BCUT2D eigenvalue weighted by atomic mass is 9.96. The van der Waals surface area contributed by atoms with E-state index in [0.29, 0.717) is 24.5 Å². The molecule has 0 spiro atoms. The molecule has 176 valence electrons. The van der Waals surface area contributed by atoms with Crippen molar-refractivity contribution >= 4 is 17.5 Å². The number of hydrogen-bond acceptors (Lipinski definition) is 8. The van der Waals surface area contributed by atoms with Gasteiger partial charge in [-0.3, -0.25) is 9.79 Å². The summed E-state index contributed by atoms with van der Waals surface area (Å²) in [5, 5.41) is 11.3. The second kappa shape index (κ2) is 10.3. The number of fused-ring (bicyclic) bond motifs is 1. The minimum absolute atomic E-state index is 0.0913. The summed E-state index contributed by atoms with van der Waals surface area (Å²) in [6.45, 7) is 0.847. The number of ether oxygens (including phenoxy) is 2. The van der Waals surface area contributed by atoms with Gasteiger partial charge in [0.1, 0.15) is 12.4 Å². The molecule has 0 fully saturated rings. The van der Waals surface area contributed by atoms with Crippen LogP contribution in [-0.2, 0) is 16.0 Å². The van der Waals surface area contributed by atoms with Crippen molar-refractivity contribution in [3.05, 3.63) is 95.6 Å². The van der Waals surface area contributed by atoms with Crippen LogP contribution in [0.25, 0.3) is 11.5 Å². The monoisotopic (exact) mass is 468 g/mol. The highest BCUT2D eigenvalue weighted by Gasteiger charge is 2.27. The van der Waals surface area contributed by atoms with Crippen LogP contribution < -0.4 is 10.1 Å². The van der Waals surface area contributed by atoms with Gasteiger partial charge in [-0.25, -0.2) is 0 Å². The fourth-order valence-corrected chi connectivity index (χ4v) is 3.91. The number of carbonyl (C=O) groups is 1. The predicted octanol–water partition coefficient (Wildman–Crippen LogP) is 4.16. The third-order valence-corrected chi connectivity index (χ3v) is 5.60. The van der Waals surface area contributed by atoms with Crippen LogP contribution in [0.1, 0.15) is 16.7 Å². The van der Waals surface area contributed by atoms with E-state index in [2.05, 4.69) is 15.5 Å². The lowest BCUT2D eigenvalue weighted by molar-refractivity contribution is -0.119. The van der Waals surface area contributed by atoms with Crippen molar-refractivity contribution < 1.29 is 18.7 Å². The van der Waals surface area contributed by atoms with Crippen LogP contribution >= 0.6 is 0 Å². The minimum atomic E-state index is -0.876. The summed E-state index contributed by atoms with van der Waals surface area (Å²) in [6, 6.07) is 25.1. The molecule has 35 heavy (non-hydrogen) atoms. The number of para-hydroxylation sites is 1. The summed E-state index contributed by atoms with van der Waals surface area (Å²) < 4.78 is 16.7. The molecule has 1 N–H and O–H groups in total. The van der Waals surface area contributed by atoms with Crippen LogP contribution in [0.5, 0.6) is 5.75 Å². The molecule has 1 atom stereocenters. The average Bonchev–Trinajstić information content (AvgIpc) is 3.31. The molecule has 3 aromatic carbocycles. The van der Waals surface area contributed by atoms with Gasteiger partial charge >= 0.3 is 6.01 Å². The summed E-state index contributed by atoms with van der Waals surface area (Å²) in [5.74, 6) is 0.786. The third kappa shape index (κ3) is 4.97. The Balaban J connectivity index is 1.44. The molecule has 0 amide bonds. The molecule has 0 saturated heterocycles. The first kappa shape index (κ1) is 22.5. The molecular weight excluding hydrogens is 444 g/mol. The smallest absolute Gasteiger partial charge is 0.317 e. The molecule has 2 heterocycles. The highest BCUT2D eigenvalue weighted by Crippen LogP contribution is 2.30. The third-order valence-electron chi connectivity index (χ3n) is 5.60. The summed E-state index contributed by atoms with van der Waals surface area (Å²) in [7, 11) is 1.62. The van der Waals surface area contributed by atoms with E-state index in [1.807, 2.05) is 78.9 Å². The lowest BCUT2D eigenvalue weighted by Crippen LogP contribution is -2.29. The Morgan fingerprint density at radius 1 is 0.914 bits per heavy atom. The molecule has 4 aromatic rings. The van der Waals surface area contributed by atoms with E-state index in [-0.39, 0.29) is 24.1 Å². The zero-order valence-corrected chi connectivity index (χ0v) is 19.2. The van der Waals surface area contributed by atoms with Crippen molar-refractivity contribution in [1.82, 2.24) is 10.2 Å². The number of methoxy groups -OCH3 is 1. The number of aliphatic imine (C=N–C) groups is 1. The molecule has 1 aliphatic rings. The largest absolute Gasteiger partial charge is 0.490 e. The molecule has 1 unspecified atom stereocenters. The van der Waals surface area contributed by atoms with E-state index in [9.17, 15) is 4.79 Å². The lowest BCUT2D eigenvalue weighted by Gasteiger charge is -2.12. The number of aromatic nitrogens is 2. The van der Waals surface area contributed by atoms with Gasteiger partial charge in [0.2, 0.25) is 0 Å². The van der Waals surface area contributed by atoms with E-state index in [0.717, 1.165) is 22.4 Å². The number of nitrogens with one attached hydrogen (secondary N) is 1. The fourth-order valence-electron chi connectivity index (χ4n) is 3.91. The van der Waals surface area contributed by atoms with E-state index in [1.54, 1.807) is 7.11 Å². The summed E-state index contributed by atoms with van der Waals surface area (Å²) in [6.07, 6.45) is -0.635. The maximum Gasteiger partial charge on any atom is 0.317 e. The molecule has 0 aliphatic carbocycles. The summed E-state index contributed by atoms with van der Waals surface area (Å²) >= 11 is 0. The summed E-state index contributed by atoms with van der Waals surface area (Å²) in [4.78, 5) is 17.9. The van der Waals surface area contributed by atoms with E-state index in [1.165, 1.54) is 0 Å². The predicted molar refractivity (Wildman–Crippen MR) is 132 cm³/mol. The van der Waals surface area contributed by atoms with E-state index in [4.69, 9.17) is 18.9 Å². The second-order valence-corrected chi connectivity index (χ2v) is 7.94. The Labute approximate surface area is 202 Å². The van der Waals surface area contributed by atoms with Crippen molar-refractivity contribution in [2.75, 3.05) is 25.6 Å². The molecular formula is C27H24N4O4. The van der Waals surface area contributed by atoms with E-state index >= 15 is 0 Å². The van der Waals surface area contributed by atoms with Crippen LogP contribution in [0.2, 0.25) is 0 Å². The number of carbonyl (C=O) groups excluding carboxylic acids is 1. The minimum Gasteiger partial charge on any atom is -0.490 e. The molecule has 5 rings (SSSR count). The number of benzene rings is 3. The number of nitrogens with zero attached hydrogens (tertiary/aromatic N) is 3. The van der Waals surface area contributed by atoms with Gasteiger partial charge in [-0.05, 0) is 17.7 Å². The zero-order chi connectivity index (χ0) is 24.0. The van der Waals surface area contributed by atoms with Crippen LogP contribution in [-0.4, -0.2) is 48.2 Å². The first-order chi connectivity index (χ1) is 17.2. The molecule has 8 heteroatoms. The van der Waals surface area contributed by atoms with Gasteiger partial charge in [0.15, 0.2) is 11.9 Å². The Morgan fingerprint density at radius 3 is 2.49 bits per heavy atom. The Bertz CT molecular complexity index is 1350. The molecule has 1 aromatic heterocycles. The number of hydrogen-bond donors (Lipinski definition) is 1. The first-order valence-electron chi connectivity index (χ1n) is 11.3. The van der Waals surface area contributed by atoms with Crippen molar-refractivity contribution in [1.29, 1.82) is 0 Å². The highest BCUT2D eigenvalue weighted by molar-refractivity contribution is 6.16.